The van der Waals surface area contributed by atoms with Gasteiger partial charge in [-0.15, -0.1) is 0 Å². The first-order valence-electron chi connectivity index (χ1n) is 5.68. The minimum absolute atomic E-state index is 0.135. The first-order valence-corrected chi connectivity index (χ1v) is 5.68. The molecule has 82 valence electrons. The van der Waals surface area contributed by atoms with Crippen LogP contribution >= 0.6 is 0 Å². The van der Waals surface area contributed by atoms with E-state index >= 15 is 0 Å². The van der Waals surface area contributed by atoms with Crippen molar-refractivity contribution in [2.45, 2.75) is 44.6 Å². The van der Waals surface area contributed by atoms with Crippen molar-refractivity contribution in [3.63, 3.8) is 0 Å². The predicted octanol–water partition coefficient (Wildman–Crippen LogP) is 3.12. The van der Waals surface area contributed by atoms with Gasteiger partial charge in [-0.3, -0.25) is 0 Å². The van der Waals surface area contributed by atoms with Crippen LogP contribution in [0.4, 0.5) is 4.39 Å². The van der Waals surface area contributed by atoms with E-state index in [-0.39, 0.29) is 5.82 Å². The molecule has 0 aromatic heterocycles. The van der Waals surface area contributed by atoms with Crippen LogP contribution in [0.1, 0.15) is 42.7 Å². The molecule has 1 fully saturated rings. The maximum atomic E-state index is 13.0. The summed E-state index contributed by atoms with van der Waals surface area (Å²) in [4.78, 5) is 0. The van der Waals surface area contributed by atoms with Crippen molar-refractivity contribution in [1.29, 1.82) is 0 Å². The molecule has 1 saturated carbocycles. The molecule has 0 spiro atoms. The number of aryl methyl sites for hydroxylation is 1. The van der Waals surface area contributed by atoms with Crippen molar-refractivity contribution in [2.75, 3.05) is 0 Å². The minimum atomic E-state index is -0.135. The van der Waals surface area contributed by atoms with Gasteiger partial charge in [0.2, 0.25) is 0 Å². The summed E-state index contributed by atoms with van der Waals surface area (Å²) in [6.07, 6.45) is 4.49. The lowest BCUT2D eigenvalue weighted by molar-refractivity contribution is 0.394. The summed E-state index contributed by atoms with van der Waals surface area (Å²) in [5.41, 5.74) is 8.26. The Balaban J connectivity index is 2.15. The molecule has 2 rings (SSSR count). The summed E-state index contributed by atoms with van der Waals surface area (Å²) in [5, 5.41) is 0. The molecule has 0 saturated heterocycles. The first kappa shape index (κ1) is 10.6. The van der Waals surface area contributed by atoms with Crippen LogP contribution in [0, 0.1) is 12.7 Å². The van der Waals surface area contributed by atoms with Gasteiger partial charge >= 0.3 is 0 Å². The van der Waals surface area contributed by atoms with Crippen LogP contribution in [0.2, 0.25) is 0 Å². The van der Waals surface area contributed by atoms with E-state index in [4.69, 9.17) is 5.73 Å². The van der Waals surface area contributed by atoms with Crippen LogP contribution < -0.4 is 5.73 Å². The molecule has 1 aromatic rings. The van der Waals surface area contributed by atoms with Gasteiger partial charge in [-0.05, 0) is 61.8 Å². The fraction of sp³-hybridized carbons (Fsp3) is 0.538. The Labute approximate surface area is 90.5 Å². The van der Waals surface area contributed by atoms with Crippen molar-refractivity contribution < 1.29 is 4.39 Å². The van der Waals surface area contributed by atoms with E-state index < -0.39 is 0 Å². The van der Waals surface area contributed by atoms with Crippen LogP contribution in [0.3, 0.4) is 0 Å². The third kappa shape index (κ3) is 2.37. The van der Waals surface area contributed by atoms with Gasteiger partial charge in [0.15, 0.2) is 0 Å². The lowest BCUT2D eigenvalue weighted by atomic mass is 9.80. The van der Waals surface area contributed by atoms with Gasteiger partial charge in [-0.1, -0.05) is 6.07 Å². The lowest BCUT2D eigenvalue weighted by Crippen LogP contribution is -2.25. The maximum absolute atomic E-state index is 13.0. The second-order valence-corrected chi connectivity index (χ2v) is 4.61. The Morgan fingerprint density at radius 2 is 1.87 bits per heavy atom. The number of hydrogen-bond donors (Lipinski definition) is 1. The van der Waals surface area contributed by atoms with Gasteiger partial charge in [-0.2, -0.15) is 0 Å². The molecule has 0 unspecified atom stereocenters. The SMILES string of the molecule is Cc1cc(F)ccc1C1CCC(N)CC1. The number of benzene rings is 1. The average Bonchev–Trinajstić information content (AvgIpc) is 2.20. The monoisotopic (exact) mass is 207 g/mol. The third-order valence-corrected chi connectivity index (χ3v) is 3.44. The van der Waals surface area contributed by atoms with E-state index in [0.29, 0.717) is 12.0 Å². The standard InChI is InChI=1S/C13H18FN/c1-9-8-11(14)4-7-13(9)10-2-5-12(15)6-3-10/h4,7-8,10,12H,2-3,5-6,15H2,1H3. The average molecular weight is 207 g/mol. The van der Waals surface area contributed by atoms with Crippen LogP contribution in [0.15, 0.2) is 18.2 Å². The van der Waals surface area contributed by atoms with E-state index in [1.54, 1.807) is 12.1 Å². The Hall–Kier alpha value is -0.890. The fourth-order valence-electron chi connectivity index (χ4n) is 2.53. The van der Waals surface area contributed by atoms with E-state index in [1.807, 2.05) is 13.0 Å². The second-order valence-electron chi connectivity index (χ2n) is 4.61. The maximum Gasteiger partial charge on any atom is 0.123 e. The summed E-state index contributed by atoms with van der Waals surface area (Å²) in [6, 6.07) is 5.51. The lowest BCUT2D eigenvalue weighted by Gasteiger charge is -2.27. The summed E-state index contributed by atoms with van der Waals surface area (Å²) >= 11 is 0. The number of halogens is 1. The van der Waals surface area contributed by atoms with Crippen LogP contribution in [0.5, 0.6) is 0 Å². The quantitative estimate of drug-likeness (QED) is 0.752. The molecule has 0 atom stereocenters. The largest absolute Gasteiger partial charge is 0.328 e. The zero-order chi connectivity index (χ0) is 10.8. The molecule has 2 N–H and O–H groups in total. The van der Waals surface area contributed by atoms with E-state index in [2.05, 4.69) is 0 Å². The summed E-state index contributed by atoms with van der Waals surface area (Å²) in [5.74, 6) is 0.453. The highest BCUT2D eigenvalue weighted by atomic mass is 19.1. The molecular formula is C13H18FN. The van der Waals surface area contributed by atoms with E-state index in [9.17, 15) is 4.39 Å². The van der Waals surface area contributed by atoms with Crippen LogP contribution in [0.25, 0.3) is 0 Å². The van der Waals surface area contributed by atoms with Crippen LogP contribution in [-0.4, -0.2) is 6.04 Å². The molecule has 2 heteroatoms. The van der Waals surface area contributed by atoms with Gasteiger partial charge in [0, 0.05) is 6.04 Å². The highest BCUT2D eigenvalue weighted by Gasteiger charge is 2.21. The molecule has 0 radical (unpaired) electrons. The zero-order valence-electron chi connectivity index (χ0n) is 9.17. The molecule has 1 aromatic carbocycles. The Kier molecular flexibility index (Phi) is 3.06. The molecule has 1 aliphatic carbocycles. The zero-order valence-corrected chi connectivity index (χ0v) is 9.17. The van der Waals surface area contributed by atoms with Gasteiger partial charge < -0.3 is 5.73 Å². The molecule has 0 heterocycles. The normalized spacial score (nSPS) is 26.6. The number of nitrogens with two attached hydrogens (primary N) is 1. The summed E-state index contributed by atoms with van der Waals surface area (Å²) < 4.78 is 13.0. The van der Waals surface area contributed by atoms with Crippen molar-refractivity contribution in [2.24, 2.45) is 5.73 Å². The van der Waals surface area contributed by atoms with Crippen LogP contribution in [-0.2, 0) is 0 Å². The minimum Gasteiger partial charge on any atom is -0.328 e. The Morgan fingerprint density at radius 1 is 1.20 bits per heavy atom. The topological polar surface area (TPSA) is 26.0 Å². The number of rotatable bonds is 1. The van der Waals surface area contributed by atoms with Crippen molar-refractivity contribution in [3.8, 4) is 0 Å². The first-order chi connectivity index (χ1) is 7.16. The third-order valence-electron chi connectivity index (χ3n) is 3.44. The fourth-order valence-corrected chi connectivity index (χ4v) is 2.53. The summed E-state index contributed by atoms with van der Waals surface area (Å²) in [7, 11) is 0. The van der Waals surface area contributed by atoms with E-state index in [1.165, 1.54) is 5.56 Å². The molecule has 0 aliphatic heterocycles. The highest BCUT2D eigenvalue weighted by molar-refractivity contribution is 5.30. The Bertz CT molecular complexity index is 340. The molecular weight excluding hydrogens is 189 g/mol. The van der Waals surface area contributed by atoms with Crippen molar-refractivity contribution >= 4 is 0 Å². The molecule has 0 bridgehead atoms. The molecule has 1 aliphatic rings. The van der Waals surface area contributed by atoms with Gasteiger partial charge in [0.25, 0.3) is 0 Å². The number of hydrogen-bond acceptors (Lipinski definition) is 1. The van der Waals surface area contributed by atoms with Gasteiger partial charge in [0.1, 0.15) is 5.82 Å². The van der Waals surface area contributed by atoms with Crippen molar-refractivity contribution in [1.82, 2.24) is 0 Å². The predicted molar refractivity (Wildman–Crippen MR) is 60.3 cm³/mol. The molecule has 1 nitrogen and oxygen atoms in total. The Morgan fingerprint density at radius 3 is 2.47 bits per heavy atom. The van der Waals surface area contributed by atoms with E-state index in [0.717, 1.165) is 31.2 Å². The molecule has 15 heavy (non-hydrogen) atoms. The summed E-state index contributed by atoms with van der Waals surface area (Å²) in [6.45, 7) is 1.99. The van der Waals surface area contributed by atoms with Gasteiger partial charge in [0.05, 0.1) is 0 Å². The van der Waals surface area contributed by atoms with Crippen molar-refractivity contribution in [3.05, 3.63) is 35.1 Å². The second kappa shape index (κ2) is 4.31. The van der Waals surface area contributed by atoms with Gasteiger partial charge in [-0.25, -0.2) is 4.39 Å². The highest BCUT2D eigenvalue weighted by Crippen LogP contribution is 2.33. The molecule has 0 amide bonds. The smallest absolute Gasteiger partial charge is 0.123 e.